The topological polar surface area (TPSA) is 50.2 Å². The Morgan fingerprint density at radius 3 is 3.05 bits per heavy atom. The van der Waals surface area contributed by atoms with Crippen LogP contribution in [0.2, 0.25) is 0 Å². The zero-order valence-corrected chi connectivity index (χ0v) is 11.6. The van der Waals surface area contributed by atoms with Gasteiger partial charge in [-0.1, -0.05) is 13.3 Å². The van der Waals surface area contributed by atoms with Crippen molar-refractivity contribution in [3.63, 3.8) is 0 Å². The van der Waals surface area contributed by atoms with Crippen LogP contribution in [0.1, 0.15) is 39.8 Å². The fourth-order valence-corrected chi connectivity index (χ4v) is 3.50. The molecule has 3 nitrogen and oxygen atoms in total. The molecule has 2 heterocycles. The molecule has 0 saturated carbocycles. The number of carboxylic acids is 1. The number of carboxylic acid groups (broad SMARTS) is 1. The second-order valence-electron chi connectivity index (χ2n) is 4.80. The summed E-state index contributed by atoms with van der Waals surface area (Å²) in [6.07, 6.45) is 3.51. The summed E-state index contributed by atoms with van der Waals surface area (Å²) in [6, 6.07) is 3.93. The van der Waals surface area contributed by atoms with Gasteiger partial charge in [0, 0.05) is 10.4 Å². The lowest BCUT2D eigenvalue weighted by Crippen LogP contribution is -2.11. The molecule has 1 aliphatic carbocycles. The minimum atomic E-state index is -0.866. The lowest BCUT2D eigenvalue weighted by Gasteiger charge is -2.18. The number of fused-ring (bicyclic) bond motifs is 3. The maximum Gasteiger partial charge on any atom is 0.337 e. The van der Waals surface area contributed by atoms with Gasteiger partial charge in [0.25, 0.3) is 0 Å². The first-order chi connectivity index (χ1) is 9.20. The Kier molecular flexibility index (Phi) is 3.11. The molecular weight excluding hydrogens is 258 g/mol. The van der Waals surface area contributed by atoms with E-state index in [2.05, 4.69) is 16.4 Å². The Hall–Kier alpha value is -1.68. The van der Waals surface area contributed by atoms with E-state index in [0.29, 0.717) is 17.7 Å². The summed E-state index contributed by atoms with van der Waals surface area (Å²) in [5, 5.41) is 11.4. The number of nitrogens with zero attached hydrogens (tertiary/aromatic N) is 1. The molecule has 0 fully saturated rings. The minimum Gasteiger partial charge on any atom is -0.478 e. The summed E-state index contributed by atoms with van der Waals surface area (Å²) in [5.74, 6) is -0.866. The van der Waals surface area contributed by atoms with E-state index >= 15 is 0 Å². The molecule has 2 aromatic rings. The molecule has 0 atom stereocenters. The molecular formula is C15H15NO2S. The van der Waals surface area contributed by atoms with E-state index < -0.39 is 5.97 Å². The molecule has 0 aliphatic heterocycles. The van der Waals surface area contributed by atoms with Crippen LogP contribution in [-0.2, 0) is 19.3 Å². The molecule has 98 valence electrons. The SMILES string of the molecule is CCCc1nc2c(cc1C(=O)O)CCc1sccc1-2. The Bertz CT molecular complexity index is 646. The van der Waals surface area contributed by atoms with E-state index in [0.717, 1.165) is 30.5 Å². The summed E-state index contributed by atoms with van der Waals surface area (Å²) < 4.78 is 0. The number of aromatic carboxylic acids is 1. The van der Waals surface area contributed by atoms with Crippen molar-refractivity contribution in [2.45, 2.75) is 32.6 Å². The van der Waals surface area contributed by atoms with Crippen LogP contribution in [0.4, 0.5) is 0 Å². The molecule has 4 heteroatoms. The molecule has 0 bridgehead atoms. The zero-order valence-electron chi connectivity index (χ0n) is 10.8. The number of carbonyl (C=O) groups is 1. The van der Waals surface area contributed by atoms with Crippen molar-refractivity contribution in [2.24, 2.45) is 0 Å². The van der Waals surface area contributed by atoms with Crippen molar-refractivity contribution in [1.82, 2.24) is 4.98 Å². The van der Waals surface area contributed by atoms with Crippen LogP contribution in [0.15, 0.2) is 17.5 Å². The van der Waals surface area contributed by atoms with Gasteiger partial charge in [-0.25, -0.2) is 4.79 Å². The average Bonchev–Trinajstić information content (AvgIpc) is 2.86. The molecule has 0 radical (unpaired) electrons. The van der Waals surface area contributed by atoms with E-state index in [1.54, 1.807) is 11.3 Å². The molecule has 0 unspecified atom stereocenters. The smallest absolute Gasteiger partial charge is 0.337 e. The highest BCUT2D eigenvalue weighted by Gasteiger charge is 2.22. The van der Waals surface area contributed by atoms with E-state index in [1.807, 2.05) is 13.0 Å². The van der Waals surface area contributed by atoms with Gasteiger partial charge < -0.3 is 5.11 Å². The Morgan fingerprint density at radius 1 is 1.47 bits per heavy atom. The van der Waals surface area contributed by atoms with Gasteiger partial charge >= 0.3 is 5.97 Å². The first-order valence-corrected chi connectivity index (χ1v) is 7.41. The maximum absolute atomic E-state index is 11.3. The predicted octanol–water partition coefficient (Wildman–Crippen LogP) is 3.56. The van der Waals surface area contributed by atoms with Gasteiger partial charge in [-0.05, 0) is 42.3 Å². The van der Waals surface area contributed by atoms with Gasteiger partial charge in [-0.3, -0.25) is 4.98 Å². The maximum atomic E-state index is 11.3. The van der Waals surface area contributed by atoms with Gasteiger partial charge in [0.15, 0.2) is 0 Å². The Morgan fingerprint density at radius 2 is 2.32 bits per heavy atom. The summed E-state index contributed by atoms with van der Waals surface area (Å²) >= 11 is 1.76. The minimum absolute atomic E-state index is 0.374. The lowest BCUT2D eigenvalue weighted by molar-refractivity contribution is 0.0695. The van der Waals surface area contributed by atoms with Crippen LogP contribution >= 0.6 is 11.3 Å². The van der Waals surface area contributed by atoms with Crippen molar-refractivity contribution in [1.29, 1.82) is 0 Å². The van der Waals surface area contributed by atoms with E-state index in [9.17, 15) is 9.90 Å². The quantitative estimate of drug-likeness (QED) is 0.930. The van der Waals surface area contributed by atoms with Gasteiger partial charge in [0.1, 0.15) is 0 Å². The number of aryl methyl sites for hydroxylation is 3. The second kappa shape index (κ2) is 4.78. The second-order valence-corrected chi connectivity index (χ2v) is 5.80. The van der Waals surface area contributed by atoms with Crippen LogP contribution in [0.25, 0.3) is 11.3 Å². The third-order valence-electron chi connectivity index (χ3n) is 3.52. The van der Waals surface area contributed by atoms with Crippen molar-refractivity contribution >= 4 is 17.3 Å². The van der Waals surface area contributed by atoms with E-state index in [4.69, 9.17) is 0 Å². The summed E-state index contributed by atoms with van der Waals surface area (Å²) in [6.45, 7) is 2.04. The number of rotatable bonds is 3. The molecule has 0 spiro atoms. The summed E-state index contributed by atoms with van der Waals surface area (Å²) in [4.78, 5) is 17.4. The van der Waals surface area contributed by atoms with Gasteiger partial charge in [-0.15, -0.1) is 11.3 Å². The molecule has 2 aromatic heterocycles. The number of hydrogen-bond donors (Lipinski definition) is 1. The zero-order chi connectivity index (χ0) is 13.4. The fourth-order valence-electron chi connectivity index (χ4n) is 2.62. The first-order valence-electron chi connectivity index (χ1n) is 6.53. The molecule has 0 aromatic carbocycles. The number of pyridine rings is 1. The van der Waals surface area contributed by atoms with Crippen molar-refractivity contribution < 1.29 is 9.90 Å². The van der Waals surface area contributed by atoms with Crippen LogP contribution < -0.4 is 0 Å². The highest BCUT2D eigenvalue weighted by molar-refractivity contribution is 7.10. The average molecular weight is 273 g/mol. The summed E-state index contributed by atoms with van der Waals surface area (Å²) in [5.41, 5.74) is 4.35. The normalized spacial score (nSPS) is 12.9. The van der Waals surface area contributed by atoms with Crippen LogP contribution in [-0.4, -0.2) is 16.1 Å². The van der Waals surface area contributed by atoms with Crippen LogP contribution in [0, 0.1) is 0 Å². The van der Waals surface area contributed by atoms with E-state index in [1.165, 1.54) is 10.4 Å². The molecule has 1 aliphatic rings. The Labute approximate surface area is 115 Å². The monoisotopic (exact) mass is 273 g/mol. The number of aromatic nitrogens is 1. The lowest BCUT2D eigenvalue weighted by atomic mass is 9.92. The number of hydrogen-bond acceptors (Lipinski definition) is 3. The first kappa shape index (κ1) is 12.4. The molecule has 1 N–H and O–H groups in total. The van der Waals surface area contributed by atoms with Crippen molar-refractivity contribution in [2.75, 3.05) is 0 Å². The highest BCUT2D eigenvalue weighted by Crippen LogP contribution is 2.36. The van der Waals surface area contributed by atoms with Gasteiger partial charge in [-0.2, -0.15) is 0 Å². The highest BCUT2D eigenvalue weighted by atomic mass is 32.1. The third kappa shape index (κ3) is 2.06. The van der Waals surface area contributed by atoms with Gasteiger partial charge in [0.2, 0.25) is 0 Å². The molecule has 19 heavy (non-hydrogen) atoms. The molecule has 0 saturated heterocycles. The Balaban J connectivity index is 2.19. The molecule has 0 amide bonds. The van der Waals surface area contributed by atoms with Crippen LogP contribution in [0.3, 0.4) is 0 Å². The van der Waals surface area contributed by atoms with Crippen LogP contribution in [0.5, 0.6) is 0 Å². The third-order valence-corrected chi connectivity index (χ3v) is 4.50. The number of thiophene rings is 1. The van der Waals surface area contributed by atoms with Crippen molar-refractivity contribution in [3.8, 4) is 11.3 Å². The van der Waals surface area contributed by atoms with Gasteiger partial charge in [0.05, 0.1) is 17.0 Å². The summed E-state index contributed by atoms with van der Waals surface area (Å²) in [7, 11) is 0. The van der Waals surface area contributed by atoms with E-state index in [-0.39, 0.29) is 0 Å². The van der Waals surface area contributed by atoms with Crippen molar-refractivity contribution in [3.05, 3.63) is 39.2 Å². The largest absolute Gasteiger partial charge is 0.478 e. The molecule has 3 rings (SSSR count). The fraction of sp³-hybridized carbons (Fsp3) is 0.333. The standard InChI is InChI=1S/C15H15NO2S/c1-2-3-12-11(15(17)18)8-9-4-5-13-10(6-7-19-13)14(9)16-12/h6-8H,2-5H2,1H3,(H,17,18). The predicted molar refractivity (Wildman–Crippen MR) is 75.9 cm³/mol.